The van der Waals surface area contributed by atoms with Gasteiger partial charge in [0.1, 0.15) is 11.0 Å². The van der Waals surface area contributed by atoms with Crippen LogP contribution in [-0.4, -0.2) is 14.9 Å². The van der Waals surface area contributed by atoms with Gasteiger partial charge in [0.2, 0.25) is 0 Å². The molecule has 0 saturated carbocycles. The van der Waals surface area contributed by atoms with Crippen LogP contribution in [-0.2, 0) is 0 Å². The van der Waals surface area contributed by atoms with E-state index in [0.29, 0.717) is 21.6 Å². The zero-order valence-corrected chi connectivity index (χ0v) is 11.5. The lowest BCUT2D eigenvalue weighted by atomic mass is 10.3. The number of anilines is 2. The number of halogens is 1. The molecule has 0 radical (unpaired) electrons. The number of fused-ring (bicyclic) bond motifs is 1. The summed E-state index contributed by atoms with van der Waals surface area (Å²) in [5.41, 5.74) is 0.749. The maximum atomic E-state index is 10.7. The molecule has 2 aromatic heterocycles. The number of hydrogen-bond acceptors (Lipinski definition) is 6. The molecule has 1 N–H and O–H groups in total. The van der Waals surface area contributed by atoms with Crippen LogP contribution >= 0.6 is 22.9 Å². The quantitative estimate of drug-likeness (QED) is 0.449. The Morgan fingerprint density at radius 3 is 2.85 bits per heavy atom. The van der Waals surface area contributed by atoms with Crippen molar-refractivity contribution in [3.05, 3.63) is 51.7 Å². The first-order chi connectivity index (χ1) is 9.61. The van der Waals surface area contributed by atoms with Crippen molar-refractivity contribution in [3.63, 3.8) is 0 Å². The van der Waals surface area contributed by atoms with Gasteiger partial charge in [0.25, 0.3) is 5.69 Å². The Balaban J connectivity index is 1.95. The summed E-state index contributed by atoms with van der Waals surface area (Å²) in [5.74, 6) is 0.575. The van der Waals surface area contributed by atoms with E-state index in [9.17, 15) is 10.1 Å². The molecule has 100 valence electrons. The first kappa shape index (κ1) is 12.8. The van der Waals surface area contributed by atoms with Gasteiger partial charge in [-0.05, 0) is 18.2 Å². The van der Waals surface area contributed by atoms with Crippen LogP contribution in [0.15, 0.2) is 36.4 Å². The van der Waals surface area contributed by atoms with Gasteiger partial charge in [0.05, 0.1) is 15.1 Å². The molecule has 8 heteroatoms. The molecule has 0 aliphatic heterocycles. The molecular weight excluding hydrogens is 300 g/mol. The summed E-state index contributed by atoms with van der Waals surface area (Å²) >= 11 is 7.12. The summed E-state index contributed by atoms with van der Waals surface area (Å²) in [7, 11) is 0. The highest BCUT2D eigenvalue weighted by Crippen LogP contribution is 2.30. The molecule has 0 spiro atoms. The predicted octanol–water partition coefficient (Wildman–Crippen LogP) is 4.00. The van der Waals surface area contributed by atoms with Crippen LogP contribution in [0.1, 0.15) is 0 Å². The van der Waals surface area contributed by atoms with Crippen LogP contribution in [0.2, 0.25) is 5.15 Å². The molecule has 2 heterocycles. The van der Waals surface area contributed by atoms with Crippen molar-refractivity contribution in [2.75, 3.05) is 5.32 Å². The van der Waals surface area contributed by atoms with Crippen molar-refractivity contribution in [2.24, 2.45) is 0 Å². The Kier molecular flexibility index (Phi) is 3.21. The number of aromatic nitrogens is 2. The van der Waals surface area contributed by atoms with Crippen LogP contribution in [0.5, 0.6) is 0 Å². The fraction of sp³-hybridized carbons (Fsp3) is 0. The topological polar surface area (TPSA) is 81.0 Å². The third-order valence-electron chi connectivity index (χ3n) is 2.53. The molecule has 0 saturated heterocycles. The summed E-state index contributed by atoms with van der Waals surface area (Å²) in [6, 6.07) is 9.78. The SMILES string of the molecule is O=[N+]([O-])c1ccc2nc(Nc3cccc(Cl)n3)sc2c1. The number of non-ortho nitro benzene ring substituents is 1. The molecule has 3 rings (SSSR count). The van der Waals surface area contributed by atoms with Crippen LogP contribution in [0.4, 0.5) is 16.6 Å². The van der Waals surface area contributed by atoms with Crippen LogP contribution in [0, 0.1) is 10.1 Å². The number of nitrogens with one attached hydrogen (secondary N) is 1. The van der Waals surface area contributed by atoms with E-state index in [2.05, 4.69) is 15.3 Å². The van der Waals surface area contributed by atoms with Gasteiger partial charge in [-0.2, -0.15) is 0 Å². The average Bonchev–Trinajstić information content (AvgIpc) is 2.79. The molecule has 1 aromatic carbocycles. The average molecular weight is 307 g/mol. The second-order valence-electron chi connectivity index (χ2n) is 3.90. The minimum atomic E-state index is -0.426. The molecule has 20 heavy (non-hydrogen) atoms. The van der Waals surface area contributed by atoms with Gasteiger partial charge in [-0.3, -0.25) is 10.1 Å². The van der Waals surface area contributed by atoms with E-state index in [-0.39, 0.29) is 5.69 Å². The van der Waals surface area contributed by atoms with Crippen LogP contribution in [0.3, 0.4) is 0 Å². The molecule has 6 nitrogen and oxygen atoms in total. The maximum absolute atomic E-state index is 10.7. The first-order valence-corrected chi connectivity index (χ1v) is 6.76. The highest BCUT2D eigenvalue weighted by Gasteiger charge is 2.10. The van der Waals surface area contributed by atoms with Crippen LogP contribution < -0.4 is 5.32 Å². The van der Waals surface area contributed by atoms with Crippen molar-refractivity contribution < 1.29 is 4.92 Å². The number of nitrogens with zero attached hydrogens (tertiary/aromatic N) is 3. The number of thiazole rings is 1. The highest BCUT2D eigenvalue weighted by molar-refractivity contribution is 7.22. The lowest BCUT2D eigenvalue weighted by molar-refractivity contribution is -0.384. The summed E-state index contributed by atoms with van der Waals surface area (Å²) in [5, 5.41) is 14.7. The predicted molar refractivity (Wildman–Crippen MR) is 78.8 cm³/mol. The van der Waals surface area contributed by atoms with Gasteiger partial charge in [-0.25, -0.2) is 9.97 Å². The molecule has 3 aromatic rings. The van der Waals surface area contributed by atoms with E-state index >= 15 is 0 Å². The monoisotopic (exact) mass is 306 g/mol. The fourth-order valence-electron chi connectivity index (χ4n) is 1.67. The van der Waals surface area contributed by atoms with Gasteiger partial charge in [0, 0.05) is 12.1 Å². The lowest BCUT2D eigenvalue weighted by Gasteiger charge is -2.00. The number of nitro groups is 1. The third kappa shape index (κ3) is 2.54. The third-order valence-corrected chi connectivity index (χ3v) is 3.68. The molecule has 0 amide bonds. The van der Waals surface area contributed by atoms with Crippen molar-refractivity contribution in [1.29, 1.82) is 0 Å². The lowest BCUT2D eigenvalue weighted by Crippen LogP contribution is -1.91. The normalized spacial score (nSPS) is 10.7. The van der Waals surface area contributed by atoms with Crippen molar-refractivity contribution in [1.82, 2.24) is 9.97 Å². The summed E-state index contributed by atoms with van der Waals surface area (Å²) < 4.78 is 0.740. The smallest absolute Gasteiger partial charge is 0.270 e. The van der Waals surface area contributed by atoms with Crippen molar-refractivity contribution >= 4 is 49.8 Å². The second kappa shape index (κ2) is 5.03. The van der Waals surface area contributed by atoms with Crippen molar-refractivity contribution in [3.8, 4) is 0 Å². The Morgan fingerprint density at radius 1 is 1.25 bits per heavy atom. The van der Waals surface area contributed by atoms with Crippen LogP contribution in [0.25, 0.3) is 10.2 Å². The molecule has 0 aliphatic rings. The largest absolute Gasteiger partial charge is 0.316 e. The van der Waals surface area contributed by atoms with E-state index in [0.717, 1.165) is 4.70 Å². The zero-order chi connectivity index (χ0) is 14.1. The van der Waals surface area contributed by atoms with Gasteiger partial charge < -0.3 is 5.32 Å². The van der Waals surface area contributed by atoms with E-state index < -0.39 is 4.92 Å². The number of hydrogen-bond donors (Lipinski definition) is 1. The van der Waals surface area contributed by atoms with Gasteiger partial charge >= 0.3 is 0 Å². The number of nitro benzene ring substituents is 1. The number of pyridine rings is 1. The molecule has 0 bridgehead atoms. The maximum Gasteiger partial charge on any atom is 0.270 e. The van der Waals surface area contributed by atoms with Gasteiger partial charge in [-0.15, -0.1) is 0 Å². The van der Waals surface area contributed by atoms with Crippen molar-refractivity contribution in [2.45, 2.75) is 0 Å². The second-order valence-corrected chi connectivity index (χ2v) is 5.32. The minimum Gasteiger partial charge on any atom is -0.316 e. The molecule has 0 aliphatic carbocycles. The highest BCUT2D eigenvalue weighted by atomic mass is 35.5. The summed E-state index contributed by atoms with van der Waals surface area (Å²) in [6.45, 7) is 0. The van der Waals surface area contributed by atoms with E-state index in [1.165, 1.54) is 23.5 Å². The zero-order valence-electron chi connectivity index (χ0n) is 9.91. The molecule has 0 atom stereocenters. The Bertz CT molecular complexity index is 805. The van der Waals surface area contributed by atoms with E-state index in [4.69, 9.17) is 11.6 Å². The van der Waals surface area contributed by atoms with E-state index in [1.54, 1.807) is 24.3 Å². The molecule has 0 unspecified atom stereocenters. The fourth-order valence-corrected chi connectivity index (χ4v) is 2.74. The van der Waals surface area contributed by atoms with Gasteiger partial charge in [0.15, 0.2) is 5.13 Å². The number of rotatable bonds is 3. The number of benzene rings is 1. The summed E-state index contributed by atoms with van der Waals surface area (Å²) in [4.78, 5) is 18.7. The Morgan fingerprint density at radius 2 is 2.10 bits per heavy atom. The van der Waals surface area contributed by atoms with E-state index in [1.807, 2.05) is 0 Å². The summed E-state index contributed by atoms with van der Waals surface area (Å²) in [6.07, 6.45) is 0. The standard InChI is InChI=1S/C12H7ClN4O2S/c13-10-2-1-3-11(15-10)16-12-14-8-5-4-7(17(18)19)6-9(8)20-12/h1-6H,(H,14,15,16). The Hall–Kier alpha value is -2.25. The molecular formula is C12H7ClN4O2S. The first-order valence-electron chi connectivity index (χ1n) is 5.56. The minimum absolute atomic E-state index is 0.0496. The Labute approximate surface area is 122 Å². The van der Waals surface area contributed by atoms with Gasteiger partial charge in [-0.1, -0.05) is 29.0 Å². The molecule has 0 fully saturated rings.